The topological polar surface area (TPSA) is 100 Å². The van der Waals surface area contributed by atoms with Crippen molar-refractivity contribution < 1.29 is 9.52 Å². The van der Waals surface area contributed by atoms with Crippen LogP contribution in [-0.2, 0) is 0 Å². The van der Waals surface area contributed by atoms with Gasteiger partial charge in [0.15, 0.2) is 0 Å². The molecule has 27 heavy (non-hydrogen) atoms. The summed E-state index contributed by atoms with van der Waals surface area (Å²) in [7, 11) is 0. The summed E-state index contributed by atoms with van der Waals surface area (Å²) in [6, 6.07) is 6.08. The Bertz CT molecular complexity index is 895. The van der Waals surface area contributed by atoms with Crippen molar-refractivity contribution in [3.8, 4) is 28.5 Å². The lowest BCUT2D eigenvalue weighted by Gasteiger charge is -2.18. The van der Waals surface area contributed by atoms with E-state index in [0.29, 0.717) is 40.7 Å². The number of nitrogens with zero attached hydrogens (tertiary/aromatic N) is 5. The van der Waals surface area contributed by atoms with E-state index >= 15 is 0 Å². The number of anilines is 1. The van der Waals surface area contributed by atoms with Gasteiger partial charge in [0.05, 0.1) is 12.4 Å². The van der Waals surface area contributed by atoms with Gasteiger partial charge in [0, 0.05) is 36.3 Å². The third-order valence-corrected chi connectivity index (χ3v) is 4.54. The third-order valence-electron chi connectivity index (χ3n) is 4.54. The minimum atomic E-state index is 0.0805. The Morgan fingerprint density at radius 1 is 1.26 bits per heavy atom. The van der Waals surface area contributed by atoms with Crippen molar-refractivity contribution in [1.82, 2.24) is 25.5 Å². The first-order chi connectivity index (χ1) is 13.1. The van der Waals surface area contributed by atoms with Gasteiger partial charge in [-0.05, 0) is 24.6 Å². The smallest absolute Gasteiger partial charge is 0.245 e. The number of nitrogens with one attached hydrogen (secondary N) is 1. The maximum atomic E-state index is 10.4. The minimum absolute atomic E-state index is 0.0805. The summed E-state index contributed by atoms with van der Waals surface area (Å²) in [6.07, 6.45) is 5.76. The molecule has 1 saturated heterocycles. The first-order valence-corrected chi connectivity index (χ1v) is 9.04. The van der Waals surface area contributed by atoms with Crippen LogP contribution < -0.4 is 10.2 Å². The lowest BCUT2D eigenvalue weighted by Crippen LogP contribution is -2.37. The van der Waals surface area contributed by atoms with Gasteiger partial charge in [-0.2, -0.15) is 0 Å². The van der Waals surface area contributed by atoms with Gasteiger partial charge in [-0.1, -0.05) is 13.8 Å². The van der Waals surface area contributed by atoms with Crippen LogP contribution in [-0.4, -0.2) is 50.4 Å². The molecule has 1 aliphatic heterocycles. The highest BCUT2D eigenvalue weighted by Gasteiger charge is 2.25. The van der Waals surface area contributed by atoms with Gasteiger partial charge in [-0.15, -0.1) is 10.2 Å². The van der Waals surface area contributed by atoms with E-state index in [1.807, 2.05) is 6.07 Å². The standard InChI is InChI=1S/C19H22N6O2/c1-12(2)22-14-5-7-25(11-14)19-21-10-16(23-24-19)15-4-3-13(9-17(15)26)18-20-6-8-27-18/h3-4,6,8-10,12,14,22,26H,5,7,11H2,1-2H3. The van der Waals surface area contributed by atoms with Crippen LogP contribution in [0.4, 0.5) is 5.95 Å². The molecule has 140 valence electrons. The lowest BCUT2D eigenvalue weighted by atomic mass is 10.1. The molecule has 3 aromatic rings. The number of benzene rings is 1. The third kappa shape index (κ3) is 3.75. The molecule has 8 heteroatoms. The largest absolute Gasteiger partial charge is 0.507 e. The maximum Gasteiger partial charge on any atom is 0.245 e. The van der Waals surface area contributed by atoms with Gasteiger partial charge in [-0.3, -0.25) is 0 Å². The molecule has 2 N–H and O–H groups in total. The Hall–Kier alpha value is -3.00. The molecule has 1 unspecified atom stereocenters. The van der Waals surface area contributed by atoms with Crippen molar-refractivity contribution in [1.29, 1.82) is 0 Å². The lowest BCUT2D eigenvalue weighted by molar-refractivity contribution is 0.476. The molecule has 0 aliphatic carbocycles. The highest BCUT2D eigenvalue weighted by Crippen LogP contribution is 2.31. The Kier molecular flexibility index (Phi) is 4.72. The summed E-state index contributed by atoms with van der Waals surface area (Å²) in [5.41, 5.74) is 1.78. The van der Waals surface area contributed by atoms with E-state index in [1.165, 1.54) is 6.26 Å². The van der Waals surface area contributed by atoms with Gasteiger partial charge in [-0.25, -0.2) is 9.97 Å². The van der Waals surface area contributed by atoms with Gasteiger partial charge in [0.1, 0.15) is 17.7 Å². The Morgan fingerprint density at radius 3 is 2.81 bits per heavy atom. The zero-order valence-corrected chi connectivity index (χ0v) is 15.3. The van der Waals surface area contributed by atoms with Crippen molar-refractivity contribution >= 4 is 5.95 Å². The summed E-state index contributed by atoms with van der Waals surface area (Å²) >= 11 is 0. The second-order valence-electron chi connectivity index (χ2n) is 6.97. The van der Waals surface area contributed by atoms with Crippen LogP contribution in [0.15, 0.2) is 41.3 Å². The predicted molar refractivity (Wildman–Crippen MR) is 101 cm³/mol. The highest BCUT2D eigenvalue weighted by molar-refractivity contribution is 5.71. The predicted octanol–water partition coefficient (Wildman–Crippen LogP) is 2.48. The van der Waals surface area contributed by atoms with E-state index in [9.17, 15) is 5.11 Å². The molecule has 0 spiro atoms. The zero-order chi connectivity index (χ0) is 18.8. The first-order valence-electron chi connectivity index (χ1n) is 9.04. The zero-order valence-electron chi connectivity index (χ0n) is 15.3. The molecular formula is C19H22N6O2. The van der Waals surface area contributed by atoms with Crippen LogP contribution in [0.3, 0.4) is 0 Å². The summed E-state index contributed by atoms with van der Waals surface area (Å²) in [6.45, 7) is 6.07. The van der Waals surface area contributed by atoms with E-state index < -0.39 is 0 Å². The van der Waals surface area contributed by atoms with Crippen LogP contribution in [0.2, 0.25) is 0 Å². The van der Waals surface area contributed by atoms with Gasteiger partial charge in [0.2, 0.25) is 11.8 Å². The molecule has 0 amide bonds. The molecule has 0 radical (unpaired) electrons. The van der Waals surface area contributed by atoms with E-state index in [0.717, 1.165) is 19.5 Å². The molecule has 3 heterocycles. The maximum absolute atomic E-state index is 10.4. The number of aromatic nitrogens is 4. The number of phenols is 1. The molecule has 0 saturated carbocycles. The molecular weight excluding hydrogens is 344 g/mol. The Morgan fingerprint density at radius 2 is 2.15 bits per heavy atom. The molecule has 1 aliphatic rings. The molecule has 1 atom stereocenters. The number of hydrogen-bond acceptors (Lipinski definition) is 8. The average Bonchev–Trinajstić information content (AvgIpc) is 3.33. The fourth-order valence-corrected chi connectivity index (χ4v) is 3.33. The van der Waals surface area contributed by atoms with Crippen LogP contribution >= 0.6 is 0 Å². The van der Waals surface area contributed by atoms with E-state index in [1.54, 1.807) is 24.5 Å². The van der Waals surface area contributed by atoms with Crippen LogP contribution in [0, 0.1) is 0 Å². The van der Waals surface area contributed by atoms with Crippen LogP contribution in [0.1, 0.15) is 20.3 Å². The second kappa shape index (κ2) is 7.32. The van der Waals surface area contributed by atoms with Crippen molar-refractivity contribution in [3.63, 3.8) is 0 Å². The Balaban J connectivity index is 1.49. The minimum Gasteiger partial charge on any atom is -0.507 e. The Labute approximate surface area is 157 Å². The number of oxazole rings is 1. The average molecular weight is 366 g/mol. The molecule has 1 fully saturated rings. The normalized spacial score (nSPS) is 17.0. The summed E-state index contributed by atoms with van der Waals surface area (Å²) in [5.74, 6) is 1.15. The number of aromatic hydroxyl groups is 1. The second-order valence-corrected chi connectivity index (χ2v) is 6.97. The molecule has 4 rings (SSSR count). The summed E-state index contributed by atoms with van der Waals surface area (Å²) < 4.78 is 5.25. The monoisotopic (exact) mass is 366 g/mol. The quantitative estimate of drug-likeness (QED) is 0.710. The molecule has 2 aromatic heterocycles. The van der Waals surface area contributed by atoms with Crippen molar-refractivity contribution in [3.05, 3.63) is 36.9 Å². The van der Waals surface area contributed by atoms with Gasteiger partial charge in [0.25, 0.3) is 0 Å². The highest BCUT2D eigenvalue weighted by atomic mass is 16.3. The number of phenolic OH excluding ortho intramolecular Hbond substituents is 1. The van der Waals surface area contributed by atoms with Crippen LogP contribution in [0.25, 0.3) is 22.7 Å². The van der Waals surface area contributed by atoms with Crippen molar-refractivity contribution in [2.45, 2.75) is 32.4 Å². The van der Waals surface area contributed by atoms with Crippen molar-refractivity contribution in [2.75, 3.05) is 18.0 Å². The van der Waals surface area contributed by atoms with E-state index in [-0.39, 0.29) is 5.75 Å². The molecule has 1 aromatic carbocycles. The van der Waals surface area contributed by atoms with E-state index in [2.05, 4.69) is 44.2 Å². The van der Waals surface area contributed by atoms with Crippen LogP contribution in [0.5, 0.6) is 5.75 Å². The first kappa shape index (κ1) is 17.4. The van der Waals surface area contributed by atoms with Crippen molar-refractivity contribution in [2.24, 2.45) is 0 Å². The molecule has 0 bridgehead atoms. The van der Waals surface area contributed by atoms with Gasteiger partial charge >= 0.3 is 0 Å². The SMILES string of the molecule is CC(C)NC1CCN(c2ncc(-c3ccc(-c4ncco4)cc3O)nn2)C1. The molecule has 8 nitrogen and oxygen atoms in total. The van der Waals surface area contributed by atoms with E-state index in [4.69, 9.17) is 4.42 Å². The summed E-state index contributed by atoms with van der Waals surface area (Å²) in [4.78, 5) is 10.7. The summed E-state index contributed by atoms with van der Waals surface area (Å²) in [5, 5.41) is 22.4. The fourth-order valence-electron chi connectivity index (χ4n) is 3.33. The van der Waals surface area contributed by atoms with Gasteiger partial charge < -0.3 is 19.7 Å². The fraction of sp³-hybridized carbons (Fsp3) is 0.368. The number of hydrogen-bond donors (Lipinski definition) is 2. The number of rotatable bonds is 5.